The molecule has 1 aromatic rings. The van der Waals surface area contributed by atoms with Crippen molar-refractivity contribution in [3.63, 3.8) is 0 Å². The van der Waals surface area contributed by atoms with E-state index in [1.165, 1.54) is 29.6 Å². The van der Waals surface area contributed by atoms with Crippen molar-refractivity contribution in [2.24, 2.45) is 5.73 Å². The Hall–Kier alpha value is -1.44. The lowest BCUT2D eigenvalue weighted by molar-refractivity contribution is 0.0600. The summed E-state index contributed by atoms with van der Waals surface area (Å²) in [5.74, 6) is -0.473. The summed E-state index contributed by atoms with van der Waals surface area (Å²) >= 11 is 0. The van der Waals surface area contributed by atoms with Gasteiger partial charge >= 0.3 is 5.97 Å². The van der Waals surface area contributed by atoms with Crippen LogP contribution in [-0.4, -0.2) is 44.9 Å². The lowest BCUT2D eigenvalue weighted by Gasteiger charge is -2.34. The second kappa shape index (κ2) is 6.76. The summed E-state index contributed by atoms with van der Waals surface area (Å²) in [6, 6.07) is 4.31. The van der Waals surface area contributed by atoms with Crippen molar-refractivity contribution in [1.82, 2.24) is 4.31 Å². The van der Waals surface area contributed by atoms with E-state index in [2.05, 4.69) is 4.74 Å². The standard InChI is InChI=1S/C15H22N2O4S/c1-11-9-13(6-7-14(11)15(18)21-2)22(19,20)17-8-4-3-5-12(17)10-16/h6-7,9,12H,3-5,8,10,16H2,1-2H3. The summed E-state index contributed by atoms with van der Waals surface area (Å²) in [7, 11) is -2.30. The molecule has 1 atom stereocenters. The first-order valence-corrected chi connectivity index (χ1v) is 8.76. The number of carbonyl (C=O) groups excluding carboxylic acids is 1. The van der Waals surface area contributed by atoms with Crippen LogP contribution in [0.15, 0.2) is 23.1 Å². The second-order valence-electron chi connectivity index (χ2n) is 5.47. The van der Waals surface area contributed by atoms with Gasteiger partial charge in [0, 0.05) is 19.1 Å². The van der Waals surface area contributed by atoms with Crippen molar-refractivity contribution in [2.75, 3.05) is 20.2 Å². The van der Waals surface area contributed by atoms with Gasteiger partial charge in [-0.2, -0.15) is 4.31 Å². The zero-order chi connectivity index (χ0) is 16.3. The summed E-state index contributed by atoms with van der Waals surface area (Å²) in [6.07, 6.45) is 2.62. The molecule has 1 fully saturated rings. The molecule has 2 N–H and O–H groups in total. The summed E-state index contributed by atoms with van der Waals surface area (Å²) in [5.41, 5.74) is 6.66. The largest absolute Gasteiger partial charge is 0.465 e. The molecule has 1 aliphatic heterocycles. The summed E-state index contributed by atoms with van der Waals surface area (Å²) in [5, 5.41) is 0. The van der Waals surface area contributed by atoms with Crippen LogP contribution in [0.5, 0.6) is 0 Å². The number of piperidine rings is 1. The molecule has 1 aliphatic rings. The Kier molecular flexibility index (Phi) is 5.20. The van der Waals surface area contributed by atoms with Gasteiger partial charge in [0.25, 0.3) is 0 Å². The molecular formula is C15H22N2O4S. The maximum atomic E-state index is 12.8. The highest BCUT2D eigenvalue weighted by Crippen LogP contribution is 2.26. The van der Waals surface area contributed by atoms with E-state index in [0.29, 0.717) is 24.2 Å². The quantitative estimate of drug-likeness (QED) is 0.842. The average Bonchev–Trinajstić information content (AvgIpc) is 2.53. The van der Waals surface area contributed by atoms with Crippen LogP contribution in [0.3, 0.4) is 0 Å². The van der Waals surface area contributed by atoms with E-state index in [1.54, 1.807) is 6.92 Å². The number of esters is 1. The molecule has 0 bridgehead atoms. The second-order valence-corrected chi connectivity index (χ2v) is 7.36. The molecule has 0 amide bonds. The molecule has 1 saturated heterocycles. The monoisotopic (exact) mass is 326 g/mol. The van der Waals surface area contributed by atoms with Crippen LogP contribution in [-0.2, 0) is 14.8 Å². The lowest BCUT2D eigenvalue weighted by atomic mass is 10.1. The molecule has 0 aliphatic carbocycles. The molecule has 0 aromatic heterocycles. The van der Waals surface area contributed by atoms with Crippen molar-refractivity contribution >= 4 is 16.0 Å². The molecule has 22 heavy (non-hydrogen) atoms. The first-order valence-electron chi connectivity index (χ1n) is 7.32. The molecule has 1 unspecified atom stereocenters. The maximum absolute atomic E-state index is 12.8. The van der Waals surface area contributed by atoms with Gasteiger partial charge in [0.05, 0.1) is 17.6 Å². The molecular weight excluding hydrogens is 304 g/mol. The Bertz CT molecular complexity index is 658. The van der Waals surface area contributed by atoms with E-state index in [-0.39, 0.29) is 10.9 Å². The van der Waals surface area contributed by atoms with Crippen molar-refractivity contribution in [3.05, 3.63) is 29.3 Å². The topological polar surface area (TPSA) is 89.7 Å². The summed E-state index contributed by atoms with van der Waals surface area (Å²) in [6.45, 7) is 2.50. The fraction of sp³-hybridized carbons (Fsp3) is 0.533. The lowest BCUT2D eigenvalue weighted by Crippen LogP contribution is -2.47. The third-order valence-corrected chi connectivity index (χ3v) is 6.00. The molecule has 7 heteroatoms. The molecule has 1 heterocycles. The van der Waals surface area contributed by atoms with E-state index in [4.69, 9.17) is 5.73 Å². The summed E-state index contributed by atoms with van der Waals surface area (Å²) < 4.78 is 31.8. The SMILES string of the molecule is COC(=O)c1ccc(S(=O)(=O)N2CCCCC2CN)cc1C. The number of carbonyl (C=O) groups is 1. The number of aryl methyl sites for hydroxylation is 1. The van der Waals surface area contributed by atoms with Gasteiger partial charge in [0.1, 0.15) is 0 Å². The van der Waals surface area contributed by atoms with Crippen molar-refractivity contribution in [2.45, 2.75) is 37.1 Å². The molecule has 2 rings (SSSR count). The molecule has 122 valence electrons. The van der Waals surface area contributed by atoms with Gasteiger partial charge in [-0.1, -0.05) is 6.42 Å². The average molecular weight is 326 g/mol. The highest BCUT2D eigenvalue weighted by Gasteiger charge is 2.33. The van der Waals surface area contributed by atoms with Gasteiger partial charge in [-0.3, -0.25) is 0 Å². The molecule has 1 aromatic carbocycles. The van der Waals surface area contributed by atoms with Gasteiger partial charge in [0.2, 0.25) is 10.0 Å². The normalized spacial score (nSPS) is 19.9. The van der Waals surface area contributed by atoms with Gasteiger partial charge in [-0.05, 0) is 43.5 Å². The number of methoxy groups -OCH3 is 1. The highest BCUT2D eigenvalue weighted by molar-refractivity contribution is 7.89. The minimum atomic E-state index is -3.59. The highest BCUT2D eigenvalue weighted by atomic mass is 32.2. The first-order chi connectivity index (χ1) is 10.4. The van der Waals surface area contributed by atoms with Crippen molar-refractivity contribution < 1.29 is 17.9 Å². The number of nitrogens with zero attached hydrogens (tertiary/aromatic N) is 1. The smallest absolute Gasteiger partial charge is 0.338 e. The van der Waals surface area contributed by atoms with E-state index < -0.39 is 16.0 Å². The first kappa shape index (κ1) is 16.9. The third-order valence-electron chi connectivity index (χ3n) is 4.05. The number of nitrogens with two attached hydrogens (primary N) is 1. The van der Waals surface area contributed by atoms with Crippen molar-refractivity contribution in [1.29, 1.82) is 0 Å². The Balaban J connectivity index is 2.37. The molecule has 6 nitrogen and oxygen atoms in total. The number of sulfonamides is 1. The van der Waals surface area contributed by atoms with Crippen LogP contribution in [0.4, 0.5) is 0 Å². The van der Waals surface area contributed by atoms with Crippen molar-refractivity contribution in [3.8, 4) is 0 Å². The predicted molar refractivity (Wildman–Crippen MR) is 83.1 cm³/mol. The van der Waals surface area contributed by atoms with E-state index >= 15 is 0 Å². The zero-order valence-electron chi connectivity index (χ0n) is 12.9. The number of benzene rings is 1. The Morgan fingerprint density at radius 2 is 2.14 bits per heavy atom. The zero-order valence-corrected chi connectivity index (χ0v) is 13.7. The van der Waals surface area contributed by atoms with Crippen LogP contribution in [0.25, 0.3) is 0 Å². The van der Waals surface area contributed by atoms with Crippen LogP contribution in [0, 0.1) is 6.92 Å². The fourth-order valence-corrected chi connectivity index (χ4v) is 4.59. The molecule has 0 saturated carbocycles. The fourth-order valence-electron chi connectivity index (χ4n) is 2.80. The maximum Gasteiger partial charge on any atom is 0.338 e. The van der Waals surface area contributed by atoms with Gasteiger partial charge in [-0.15, -0.1) is 0 Å². The van der Waals surface area contributed by atoms with Crippen LogP contribution in [0.2, 0.25) is 0 Å². The Morgan fingerprint density at radius 3 is 2.73 bits per heavy atom. The summed E-state index contributed by atoms with van der Waals surface area (Å²) in [4.78, 5) is 11.8. The minimum absolute atomic E-state index is 0.153. The predicted octanol–water partition coefficient (Wildman–Crippen LogP) is 1.28. The Morgan fingerprint density at radius 1 is 1.41 bits per heavy atom. The minimum Gasteiger partial charge on any atom is -0.465 e. The van der Waals surface area contributed by atoms with Crippen LogP contribution >= 0.6 is 0 Å². The number of ether oxygens (including phenoxy) is 1. The van der Waals surface area contributed by atoms with Gasteiger partial charge in [0.15, 0.2) is 0 Å². The third kappa shape index (κ3) is 3.16. The van der Waals surface area contributed by atoms with Gasteiger partial charge < -0.3 is 10.5 Å². The van der Waals surface area contributed by atoms with Crippen LogP contribution in [0.1, 0.15) is 35.2 Å². The molecule has 0 radical (unpaired) electrons. The van der Waals surface area contributed by atoms with Gasteiger partial charge in [-0.25, -0.2) is 13.2 Å². The van der Waals surface area contributed by atoms with E-state index in [0.717, 1.165) is 19.3 Å². The number of rotatable bonds is 4. The van der Waals surface area contributed by atoms with Crippen LogP contribution < -0.4 is 5.73 Å². The molecule has 0 spiro atoms. The van der Waals surface area contributed by atoms with E-state index in [1.807, 2.05) is 0 Å². The number of hydrogen-bond donors (Lipinski definition) is 1. The number of hydrogen-bond acceptors (Lipinski definition) is 5. The van der Waals surface area contributed by atoms with E-state index in [9.17, 15) is 13.2 Å². The Labute approximate surface area is 131 Å².